The van der Waals surface area contributed by atoms with Crippen LogP contribution in [0.25, 0.3) is 10.9 Å². The van der Waals surface area contributed by atoms with Crippen LogP contribution in [0, 0.1) is 0 Å². The van der Waals surface area contributed by atoms with Gasteiger partial charge in [-0.3, -0.25) is 4.79 Å². The maximum absolute atomic E-state index is 11.7. The van der Waals surface area contributed by atoms with Crippen LogP contribution in [0.4, 0.5) is 11.5 Å². The molecule has 3 rings (SSSR count). The smallest absolute Gasteiger partial charge is 0.230 e. The second-order valence-corrected chi connectivity index (χ2v) is 6.19. The molecule has 1 aliphatic rings. The minimum absolute atomic E-state index is 0.0397. The molecule has 1 atom stereocenters. The lowest BCUT2D eigenvalue weighted by molar-refractivity contribution is -0.118. The van der Waals surface area contributed by atoms with Crippen LogP contribution in [0.5, 0.6) is 0 Å². The number of fused-ring (bicyclic) bond motifs is 3. The predicted molar refractivity (Wildman–Crippen MR) is 90.6 cm³/mol. The second kappa shape index (κ2) is 6.83. The van der Waals surface area contributed by atoms with Crippen molar-refractivity contribution in [2.45, 2.75) is 25.3 Å². The van der Waals surface area contributed by atoms with Gasteiger partial charge in [-0.25, -0.2) is 0 Å². The van der Waals surface area contributed by atoms with Gasteiger partial charge in [-0.15, -0.1) is 16.9 Å². The second-order valence-electron chi connectivity index (χ2n) is 5.12. The molecule has 0 saturated heterocycles. The number of unbranched alkanes of at least 4 members (excludes halogenated alkanes) is 1. The van der Waals surface area contributed by atoms with Gasteiger partial charge in [0, 0.05) is 17.4 Å². The molecule has 0 spiro atoms. The zero-order valence-corrected chi connectivity index (χ0v) is 13.2. The highest BCUT2D eigenvalue weighted by molar-refractivity contribution is 8.00. The number of hydrogen-bond acceptors (Lipinski definition) is 5. The SMILES string of the molecule is CCCCNC(=O)CSC1N=Nc2c([nH]c3ccccc23)N1. The standard InChI is InChI=1S/C15H19N5OS/c1-2-3-8-16-12(21)9-22-15-18-14-13(19-20-15)10-6-4-5-7-11(10)17-14/h4-7,15,17-18H,2-3,8-9H2,1H3,(H,16,21). The van der Waals surface area contributed by atoms with Crippen LogP contribution in [0.15, 0.2) is 34.5 Å². The molecule has 7 heteroatoms. The summed E-state index contributed by atoms with van der Waals surface area (Å²) in [6, 6.07) is 7.98. The van der Waals surface area contributed by atoms with Crippen LogP contribution in [0.1, 0.15) is 19.8 Å². The Hall–Kier alpha value is -2.02. The summed E-state index contributed by atoms with van der Waals surface area (Å²) >= 11 is 1.43. The lowest BCUT2D eigenvalue weighted by Gasteiger charge is -2.17. The number of rotatable bonds is 6. The van der Waals surface area contributed by atoms with Crippen molar-refractivity contribution in [3.8, 4) is 0 Å². The molecule has 1 aromatic carbocycles. The Kier molecular flexibility index (Phi) is 4.62. The number of para-hydroxylation sites is 1. The largest absolute Gasteiger partial charge is 0.355 e. The summed E-state index contributed by atoms with van der Waals surface area (Å²) in [6.07, 6.45) is 2.09. The van der Waals surface area contributed by atoms with Crippen LogP contribution in [-0.4, -0.2) is 28.7 Å². The van der Waals surface area contributed by atoms with E-state index in [9.17, 15) is 4.79 Å². The molecule has 2 heterocycles. The van der Waals surface area contributed by atoms with Gasteiger partial charge in [-0.2, -0.15) is 5.11 Å². The van der Waals surface area contributed by atoms with Crippen LogP contribution < -0.4 is 10.6 Å². The van der Waals surface area contributed by atoms with E-state index in [1.54, 1.807) is 0 Å². The molecule has 1 unspecified atom stereocenters. The average Bonchev–Trinajstić information content (AvgIpc) is 2.91. The fourth-order valence-corrected chi connectivity index (χ4v) is 3.01. The van der Waals surface area contributed by atoms with Crippen LogP contribution >= 0.6 is 11.8 Å². The fourth-order valence-electron chi connectivity index (χ4n) is 2.28. The van der Waals surface area contributed by atoms with E-state index >= 15 is 0 Å². The van der Waals surface area contributed by atoms with E-state index in [-0.39, 0.29) is 11.4 Å². The van der Waals surface area contributed by atoms with Gasteiger partial charge in [0.05, 0.1) is 5.75 Å². The molecule has 0 saturated carbocycles. The number of amides is 1. The number of carbonyl (C=O) groups excluding carboxylic acids is 1. The number of hydrogen-bond donors (Lipinski definition) is 3. The number of aromatic nitrogens is 1. The predicted octanol–water partition coefficient (Wildman–Crippen LogP) is 3.61. The van der Waals surface area contributed by atoms with Crippen molar-refractivity contribution in [3.63, 3.8) is 0 Å². The Morgan fingerprint density at radius 3 is 3.14 bits per heavy atom. The summed E-state index contributed by atoms with van der Waals surface area (Å²) in [7, 11) is 0. The minimum atomic E-state index is -0.238. The molecule has 1 aliphatic heterocycles. The zero-order chi connectivity index (χ0) is 15.4. The van der Waals surface area contributed by atoms with E-state index in [2.05, 4.69) is 32.8 Å². The van der Waals surface area contributed by atoms with Gasteiger partial charge in [-0.05, 0) is 12.5 Å². The van der Waals surface area contributed by atoms with Gasteiger partial charge in [-0.1, -0.05) is 31.5 Å². The fraction of sp³-hybridized carbons (Fsp3) is 0.400. The summed E-state index contributed by atoms with van der Waals surface area (Å²) in [5.74, 6) is 1.27. The van der Waals surface area contributed by atoms with Gasteiger partial charge in [0.15, 0.2) is 5.50 Å². The van der Waals surface area contributed by atoms with Gasteiger partial charge in [0.25, 0.3) is 0 Å². The molecule has 0 bridgehead atoms. The summed E-state index contributed by atoms with van der Waals surface area (Å²) in [5, 5.41) is 15.8. The van der Waals surface area contributed by atoms with Crippen molar-refractivity contribution in [2.24, 2.45) is 10.2 Å². The summed E-state index contributed by atoms with van der Waals surface area (Å²) < 4.78 is 0. The number of H-pyrrole nitrogens is 1. The molecule has 6 nitrogen and oxygen atoms in total. The number of thioether (sulfide) groups is 1. The third kappa shape index (κ3) is 3.24. The molecule has 1 amide bonds. The molecule has 22 heavy (non-hydrogen) atoms. The normalized spacial score (nSPS) is 16.3. The van der Waals surface area contributed by atoms with Gasteiger partial charge in [0.1, 0.15) is 11.5 Å². The van der Waals surface area contributed by atoms with Crippen LogP contribution in [-0.2, 0) is 4.79 Å². The van der Waals surface area contributed by atoms with Crippen molar-refractivity contribution in [2.75, 3.05) is 17.6 Å². The number of aromatic amines is 1. The molecular weight excluding hydrogens is 298 g/mol. The number of benzene rings is 1. The van der Waals surface area contributed by atoms with E-state index in [0.29, 0.717) is 5.75 Å². The molecule has 1 aromatic heterocycles. The molecule has 0 radical (unpaired) electrons. The number of azo groups is 1. The Morgan fingerprint density at radius 1 is 1.41 bits per heavy atom. The molecule has 0 fully saturated rings. The first-order chi connectivity index (χ1) is 10.8. The van der Waals surface area contributed by atoms with Crippen molar-refractivity contribution >= 4 is 40.1 Å². The third-order valence-electron chi connectivity index (χ3n) is 3.43. The summed E-state index contributed by atoms with van der Waals surface area (Å²) in [6.45, 7) is 2.84. The molecular formula is C15H19N5OS. The van der Waals surface area contributed by atoms with Crippen LogP contribution in [0.2, 0.25) is 0 Å². The van der Waals surface area contributed by atoms with Gasteiger partial charge in [0.2, 0.25) is 5.91 Å². The monoisotopic (exact) mass is 317 g/mol. The summed E-state index contributed by atoms with van der Waals surface area (Å²) in [5.41, 5.74) is 1.62. The molecule has 3 N–H and O–H groups in total. The maximum Gasteiger partial charge on any atom is 0.230 e. The van der Waals surface area contributed by atoms with E-state index in [0.717, 1.165) is 41.8 Å². The lowest BCUT2D eigenvalue weighted by atomic mass is 10.2. The number of carbonyl (C=O) groups is 1. The highest BCUT2D eigenvalue weighted by Gasteiger charge is 2.20. The quantitative estimate of drug-likeness (QED) is 0.712. The minimum Gasteiger partial charge on any atom is -0.355 e. The summed E-state index contributed by atoms with van der Waals surface area (Å²) in [4.78, 5) is 15.0. The first kappa shape index (κ1) is 14.9. The van der Waals surface area contributed by atoms with Gasteiger partial charge < -0.3 is 15.6 Å². The number of nitrogens with zero attached hydrogens (tertiary/aromatic N) is 2. The topological polar surface area (TPSA) is 81.6 Å². The lowest BCUT2D eigenvalue weighted by Crippen LogP contribution is -2.28. The maximum atomic E-state index is 11.7. The Balaban J connectivity index is 1.57. The molecule has 116 valence electrons. The zero-order valence-electron chi connectivity index (χ0n) is 12.4. The highest BCUT2D eigenvalue weighted by Crippen LogP contribution is 2.38. The van der Waals surface area contributed by atoms with Crippen molar-refractivity contribution < 1.29 is 4.79 Å². The molecule has 2 aromatic rings. The number of nitrogens with one attached hydrogen (secondary N) is 3. The van der Waals surface area contributed by atoms with Crippen molar-refractivity contribution in [1.82, 2.24) is 10.3 Å². The van der Waals surface area contributed by atoms with E-state index in [4.69, 9.17) is 0 Å². The molecule has 0 aliphatic carbocycles. The highest BCUT2D eigenvalue weighted by atomic mass is 32.2. The van der Waals surface area contributed by atoms with Crippen molar-refractivity contribution in [1.29, 1.82) is 0 Å². The van der Waals surface area contributed by atoms with Crippen molar-refractivity contribution in [3.05, 3.63) is 24.3 Å². The van der Waals surface area contributed by atoms with E-state index in [1.165, 1.54) is 11.8 Å². The number of anilines is 1. The van der Waals surface area contributed by atoms with E-state index < -0.39 is 0 Å². The Labute approximate surface area is 133 Å². The van der Waals surface area contributed by atoms with Crippen LogP contribution in [0.3, 0.4) is 0 Å². The van der Waals surface area contributed by atoms with Gasteiger partial charge >= 0.3 is 0 Å². The van der Waals surface area contributed by atoms with E-state index in [1.807, 2.05) is 24.3 Å². The third-order valence-corrected chi connectivity index (χ3v) is 4.39. The Morgan fingerprint density at radius 2 is 2.27 bits per heavy atom. The Bertz CT molecular complexity index is 696. The first-order valence-electron chi connectivity index (χ1n) is 7.44. The first-order valence-corrected chi connectivity index (χ1v) is 8.49. The average molecular weight is 317 g/mol.